The third-order valence-electron chi connectivity index (χ3n) is 7.24. The van der Waals surface area contributed by atoms with E-state index in [0.717, 1.165) is 24.0 Å². The summed E-state index contributed by atoms with van der Waals surface area (Å²) >= 11 is 1.78. The molecule has 0 saturated carbocycles. The molecule has 0 spiro atoms. The number of ether oxygens (including phenoxy) is 2. The van der Waals surface area contributed by atoms with Crippen LogP contribution < -0.4 is 5.32 Å². The number of carbonyl (C=O) groups excluding carboxylic acids is 1. The maximum Gasteiger partial charge on any atom is 0.258 e. The van der Waals surface area contributed by atoms with Gasteiger partial charge < -0.3 is 19.6 Å². The summed E-state index contributed by atoms with van der Waals surface area (Å²) in [5.74, 6) is 0.271. The summed E-state index contributed by atoms with van der Waals surface area (Å²) in [5.41, 5.74) is 8.72. The molecule has 0 aliphatic carbocycles. The first-order chi connectivity index (χ1) is 20.9. The predicted octanol–water partition coefficient (Wildman–Crippen LogP) is 7.46. The molecule has 9 heteroatoms. The van der Waals surface area contributed by atoms with Crippen LogP contribution in [0, 0.1) is 26.7 Å². The lowest BCUT2D eigenvalue weighted by Crippen LogP contribution is -2.17. The Morgan fingerprint density at radius 1 is 1.12 bits per heavy atom. The number of nitrogens with zero attached hydrogens (tertiary/aromatic N) is 3. The highest BCUT2D eigenvalue weighted by atomic mass is 32.1. The van der Waals surface area contributed by atoms with Gasteiger partial charge in [0, 0.05) is 53.6 Å². The average molecular weight is 601 g/mol. The van der Waals surface area contributed by atoms with Crippen LogP contribution >= 0.6 is 11.3 Å². The van der Waals surface area contributed by atoms with Crippen molar-refractivity contribution in [3.63, 3.8) is 0 Å². The third kappa shape index (κ3) is 8.95. The van der Waals surface area contributed by atoms with Crippen molar-refractivity contribution in [3.05, 3.63) is 92.2 Å². The first-order valence-electron chi connectivity index (χ1n) is 14.5. The van der Waals surface area contributed by atoms with E-state index in [9.17, 15) is 4.79 Å². The molecule has 226 valence electrons. The second-order valence-corrected chi connectivity index (χ2v) is 11.5. The van der Waals surface area contributed by atoms with Crippen molar-refractivity contribution in [2.24, 2.45) is 21.3 Å². The number of nitrogens with one attached hydrogen (secondary N) is 1. The molecule has 4 rings (SSSR count). The number of rotatable bonds is 14. The van der Waals surface area contributed by atoms with Crippen LogP contribution in [0.4, 0.5) is 5.69 Å². The summed E-state index contributed by atoms with van der Waals surface area (Å²) in [4.78, 5) is 19.7. The van der Waals surface area contributed by atoms with Crippen LogP contribution in [0.25, 0.3) is 5.57 Å². The van der Waals surface area contributed by atoms with Gasteiger partial charge in [0.15, 0.2) is 0 Å². The van der Waals surface area contributed by atoms with Crippen LogP contribution in [0.15, 0.2) is 69.3 Å². The van der Waals surface area contributed by atoms with Crippen LogP contribution in [0.5, 0.6) is 0 Å². The molecular weight excluding hydrogens is 560 g/mol. The monoisotopic (exact) mass is 600 g/mol. The molecule has 2 heterocycles. The lowest BCUT2D eigenvalue weighted by Gasteiger charge is -2.13. The number of anilines is 1. The molecule has 8 nitrogen and oxygen atoms in total. The van der Waals surface area contributed by atoms with Gasteiger partial charge in [0.1, 0.15) is 13.2 Å². The summed E-state index contributed by atoms with van der Waals surface area (Å²) in [6.45, 7) is 9.43. The number of thiophene rings is 1. The average Bonchev–Trinajstić information content (AvgIpc) is 3.55. The van der Waals surface area contributed by atoms with Gasteiger partial charge in [-0.2, -0.15) is 10.2 Å². The highest BCUT2D eigenvalue weighted by Gasteiger charge is 2.21. The Morgan fingerprint density at radius 3 is 2.65 bits per heavy atom. The summed E-state index contributed by atoms with van der Waals surface area (Å²) in [7, 11) is 1.61. The zero-order valence-electron chi connectivity index (χ0n) is 25.6. The van der Waals surface area contributed by atoms with Crippen molar-refractivity contribution in [1.82, 2.24) is 0 Å². The van der Waals surface area contributed by atoms with Crippen LogP contribution in [0.1, 0.15) is 64.4 Å². The number of hydrogen-bond donors (Lipinski definition) is 1. The van der Waals surface area contributed by atoms with E-state index in [-0.39, 0.29) is 11.8 Å². The molecule has 3 aromatic rings. The normalized spacial score (nSPS) is 14.8. The molecule has 1 atom stereocenters. The highest BCUT2D eigenvalue weighted by Crippen LogP contribution is 2.33. The van der Waals surface area contributed by atoms with E-state index in [4.69, 9.17) is 14.3 Å². The van der Waals surface area contributed by atoms with Crippen molar-refractivity contribution >= 4 is 46.8 Å². The lowest BCUT2D eigenvalue weighted by molar-refractivity contribution is -0.116. The maximum atomic E-state index is 13.1. The molecule has 1 aliphatic heterocycles. The fourth-order valence-electron chi connectivity index (χ4n) is 4.74. The largest absolute Gasteiger partial charge is 0.470 e. The number of amides is 1. The topological polar surface area (TPSA) is 93.9 Å². The van der Waals surface area contributed by atoms with Gasteiger partial charge in [-0.1, -0.05) is 35.9 Å². The molecule has 0 radical (unpaired) electrons. The Balaban J connectivity index is 1.43. The number of allylic oxidation sites excluding steroid dienone is 1. The maximum absolute atomic E-state index is 13.1. The van der Waals surface area contributed by atoms with Crippen LogP contribution in [-0.4, -0.2) is 44.6 Å². The Morgan fingerprint density at radius 2 is 1.93 bits per heavy atom. The molecule has 1 amide bonds. The zero-order valence-corrected chi connectivity index (χ0v) is 26.4. The number of oxime groups is 1. The Kier molecular flexibility index (Phi) is 11.8. The Labute approximate surface area is 258 Å². The summed E-state index contributed by atoms with van der Waals surface area (Å²) < 4.78 is 10.6. The standard InChI is InChI=1S/C34H40N4O4S/c1-6-35-36-20-26(8-7-9-30(27-12-10-23(2)11-13-27)32-22-43-25(4)24(32)3)18-33(39)37-29-14-15-31-28(19-29)21-41-34(31)38-42-17-16-40-5/h6,9-15,19-20,22,26H,7-8,16-18,21H2,1-5H3,(H,37,39)/b30-9-,35-6+,36-20+,38-34-/t26-/m0/s1. The third-order valence-corrected chi connectivity index (χ3v) is 8.25. The van der Waals surface area contributed by atoms with Gasteiger partial charge >= 0.3 is 0 Å². The van der Waals surface area contributed by atoms with Gasteiger partial charge in [0.2, 0.25) is 5.91 Å². The van der Waals surface area contributed by atoms with E-state index in [0.29, 0.717) is 37.8 Å². The molecule has 0 bridgehead atoms. The molecule has 1 aliphatic rings. The smallest absolute Gasteiger partial charge is 0.258 e. The molecule has 2 aromatic carbocycles. The molecule has 1 N–H and O–H groups in total. The second kappa shape index (κ2) is 16.0. The molecule has 0 saturated heterocycles. The van der Waals surface area contributed by atoms with Crippen LogP contribution in [0.3, 0.4) is 0 Å². The molecule has 0 unspecified atom stereocenters. The van der Waals surface area contributed by atoms with Crippen molar-refractivity contribution in [2.75, 3.05) is 25.6 Å². The summed E-state index contributed by atoms with van der Waals surface area (Å²) in [5, 5.41) is 17.5. The fraction of sp³-hybridized carbons (Fsp3) is 0.353. The van der Waals surface area contributed by atoms with Gasteiger partial charge in [-0.3, -0.25) is 4.79 Å². The van der Waals surface area contributed by atoms with E-state index in [1.54, 1.807) is 30.9 Å². The Bertz CT molecular complexity index is 1510. The summed E-state index contributed by atoms with van der Waals surface area (Å²) in [6, 6.07) is 14.3. The van der Waals surface area contributed by atoms with Gasteiger partial charge in [0.05, 0.1) is 6.61 Å². The molecule has 1 aromatic heterocycles. The SMILES string of the molecule is C/C=N/N=C/[C@@H](CC/C=C(/c1ccc(C)cc1)c1csc(C)c1C)CC(=O)Nc1ccc2c(c1)CO/C2=N\OCCOC. The van der Waals surface area contributed by atoms with Gasteiger partial charge in [-0.15, -0.1) is 11.3 Å². The number of benzene rings is 2. The van der Waals surface area contributed by atoms with Crippen LogP contribution in [-0.2, 0) is 25.7 Å². The second-order valence-electron chi connectivity index (χ2n) is 10.4. The Hall–Kier alpha value is -4.08. The number of aryl methyl sites for hydroxylation is 2. The minimum Gasteiger partial charge on any atom is -0.470 e. The van der Waals surface area contributed by atoms with Crippen molar-refractivity contribution in [2.45, 2.75) is 53.6 Å². The van der Waals surface area contributed by atoms with Crippen LogP contribution in [0.2, 0.25) is 0 Å². The molecule has 0 fully saturated rings. The first kappa shape index (κ1) is 31.8. The highest BCUT2D eigenvalue weighted by molar-refractivity contribution is 7.10. The predicted molar refractivity (Wildman–Crippen MR) is 176 cm³/mol. The van der Waals surface area contributed by atoms with E-state index in [2.05, 4.69) is 77.2 Å². The number of fused-ring (bicyclic) bond motifs is 1. The zero-order chi connectivity index (χ0) is 30.6. The first-order valence-corrected chi connectivity index (χ1v) is 15.4. The van der Waals surface area contributed by atoms with E-state index in [1.165, 1.54) is 32.7 Å². The number of carbonyl (C=O) groups is 1. The van der Waals surface area contributed by atoms with Gasteiger partial charge in [-0.05, 0) is 91.5 Å². The molecule has 43 heavy (non-hydrogen) atoms. The van der Waals surface area contributed by atoms with Gasteiger partial charge in [-0.25, -0.2) is 0 Å². The number of methoxy groups -OCH3 is 1. The summed E-state index contributed by atoms with van der Waals surface area (Å²) in [6.07, 6.45) is 7.55. The fourth-order valence-corrected chi connectivity index (χ4v) is 5.63. The minimum absolute atomic E-state index is 0.0785. The van der Waals surface area contributed by atoms with Gasteiger partial charge in [0.25, 0.3) is 5.90 Å². The van der Waals surface area contributed by atoms with E-state index < -0.39 is 0 Å². The van der Waals surface area contributed by atoms with Crippen molar-refractivity contribution in [3.8, 4) is 0 Å². The quantitative estimate of drug-likeness (QED) is 0.118. The van der Waals surface area contributed by atoms with Crippen molar-refractivity contribution in [1.29, 1.82) is 0 Å². The van der Waals surface area contributed by atoms with Crippen molar-refractivity contribution < 1.29 is 19.1 Å². The minimum atomic E-state index is -0.0837. The van der Waals surface area contributed by atoms with E-state index in [1.807, 2.05) is 25.1 Å². The number of hydrogen-bond acceptors (Lipinski definition) is 8. The molecular formula is C34H40N4O4S. The van der Waals surface area contributed by atoms with E-state index >= 15 is 0 Å². The lowest BCUT2D eigenvalue weighted by atomic mass is 9.93.